The minimum Gasteiger partial charge on any atom is -0.378 e. The number of hydrogen-bond acceptors (Lipinski definition) is 3. The average molecular weight is 288 g/mol. The number of carbonyl (C=O) groups is 1. The van der Waals surface area contributed by atoms with Crippen molar-refractivity contribution in [3.8, 4) is 0 Å². The average Bonchev–Trinajstić information content (AvgIpc) is 2.49. The molecule has 0 bridgehead atoms. The first kappa shape index (κ1) is 14.5. The fraction of sp³-hybridized carbons (Fsp3) is 0.588. The van der Waals surface area contributed by atoms with Crippen molar-refractivity contribution in [2.75, 3.05) is 26.2 Å². The highest BCUT2D eigenvalue weighted by atomic mass is 16.5. The van der Waals surface area contributed by atoms with Crippen LogP contribution in [0.25, 0.3) is 0 Å². The van der Waals surface area contributed by atoms with Crippen LogP contribution in [0.15, 0.2) is 24.3 Å². The number of hydrogen-bond donors (Lipinski definition) is 1. The van der Waals surface area contributed by atoms with Gasteiger partial charge in [0.1, 0.15) is 0 Å². The maximum Gasteiger partial charge on any atom is 0.230 e. The van der Waals surface area contributed by atoms with E-state index in [1.54, 1.807) is 0 Å². The molecular formula is C17H24N2O2. The molecule has 1 saturated heterocycles. The summed E-state index contributed by atoms with van der Waals surface area (Å²) in [4.78, 5) is 14.6. The Morgan fingerprint density at radius 1 is 1.29 bits per heavy atom. The van der Waals surface area contributed by atoms with Crippen molar-refractivity contribution in [2.45, 2.75) is 37.7 Å². The smallest absolute Gasteiger partial charge is 0.230 e. The molecule has 0 spiro atoms. The highest BCUT2D eigenvalue weighted by molar-refractivity contribution is 5.87. The summed E-state index contributed by atoms with van der Waals surface area (Å²) in [5.41, 5.74) is 8.02. The van der Waals surface area contributed by atoms with Crippen LogP contribution >= 0.6 is 0 Å². The summed E-state index contributed by atoms with van der Waals surface area (Å²) in [5, 5.41) is 0. The molecule has 2 N–H and O–H groups in total. The van der Waals surface area contributed by atoms with E-state index in [-0.39, 0.29) is 5.92 Å². The van der Waals surface area contributed by atoms with E-state index in [4.69, 9.17) is 10.5 Å². The lowest BCUT2D eigenvalue weighted by Gasteiger charge is -2.37. The molecule has 3 rings (SSSR count). The molecule has 1 aromatic rings. The van der Waals surface area contributed by atoms with E-state index in [9.17, 15) is 4.79 Å². The fourth-order valence-electron chi connectivity index (χ4n) is 3.28. The Morgan fingerprint density at radius 3 is 2.76 bits per heavy atom. The van der Waals surface area contributed by atoms with E-state index in [1.807, 2.05) is 17.0 Å². The maximum absolute atomic E-state index is 12.6. The zero-order valence-electron chi connectivity index (χ0n) is 12.5. The van der Waals surface area contributed by atoms with E-state index in [0.29, 0.717) is 18.6 Å². The highest BCUT2D eigenvalue weighted by Gasteiger charge is 2.35. The molecule has 1 atom stereocenters. The minimum atomic E-state index is 0.0934. The van der Waals surface area contributed by atoms with Gasteiger partial charge < -0.3 is 15.4 Å². The van der Waals surface area contributed by atoms with Gasteiger partial charge >= 0.3 is 0 Å². The largest absolute Gasteiger partial charge is 0.378 e. The second kappa shape index (κ2) is 6.58. The quantitative estimate of drug-likeness (QED) is 0.839. The van der Waals surface area contributed by atoms with Crippen LogP contribution in [-0.4, -0.2) is 43.2 Å². The first-order valence-corrected chi connectivity index (χ1v) is 7.98. The molecule has 4 nitrogen and oxygen atoms in total. The lowest BCUT2D eigenvalue weighted by atomic mass is 9.76. The Kier molecular flexibility index (Phi) is 4.56. The Labute approximate surface area is 126 Å². The Balaban J connectivity index is 1.48. The van der Waals surface area contributed by atoms with Gasteiger partial charge in [-0.1, -0.05) is 24.3 Å². The number of piperidine rings is 1. The van der Waals surface area contributed by atoms with Crippen LogP contribution < -0.4 is 5.73 Å². The molecule has 4 heteroatoms. The van der Waals surface area contributed by atoms with Crippen LogP contribution in [-0.2, 0) is 16.0 Å². The number of ether oxygens (including phenoxy) is 1. The van der Waals surface area contributed by atoms with Crippen molar-refractivity contribution < 1.29 is 9.53 Å². The molecule has 21 heavy (non-hydrogen) atoms. The lowest BCUT2D eigenvalue weighted by Crippen LogP contribution is -2.45. The topological polar surface area (TPSA) is 55.6 Å². The second-order valence-corrected chi connectivity index (χ2v) is 5.99. The van der Waals surface area contributed by atoms with Gasteiger partial charge in [0.2, 0.25) is 5.91 Å². The van der Waals surface area contributed by atoms with Crippen LogP contribution in [0.2, 0.25) is 0 Å². The van der Waals surface area contributed by atoms with Gasteiger partial charge in [0.15, 0.2) is 0 Å². The monoisotopic (exact) mass is 288 g/mol. The van der Waals surface area contributed by atoms with E-state index in [0.717, 1.165) is 45.4 Å². The van der Waals surface area contributed by atoms with Gasteiger partial charge in [-0.2, -0.15) is 0 Å². The standard InChI is InChI=1S/C17H24N2O2/c18-8-3-11-21-14-6-9-19(10-7-14)17(20)16-12-13-4-1-2-5-15(13)16/h1-2,4-5,14,16H,3,6-12,18H2. The number of nitrogens with two attached hydrogens (primary N) is 1. The van der Waals surface area contributed by atoms with E-state index in [1.165, 1.54) is 11.1 Å². The summed E-state index contributed by atoms with van der Waals surface area (Å²) in [6, 6.07) is 8.28. The molecule has 1 heterocycles. The van der Waals surface area contributed by atoms with Gasteiger partial charge in [0.05, 0.1) is 12.0 Å². The Bertz CT molecular complexity index is 495. The molecule has 2 aliphatic rings. The maximum atomic E-state index is 12.6. The van der Waals surface area contributed by atoms with Gasteiger partial charge in [-0.3, -0.25) is 4.79 Å². The first-order valence-electron chi connectivity index (χ1n) is 7.98. The molecule has 1 aromatic carbocycles. The van der Waals surface area contributed by atoms with Crippen LogP contribution in [0.1, 0.15) is 36.3 Å². The van der Waals surface area contributed by atoms with Crippen molar-refractivity contribution in [3.63, 3.8) is 0 Å². The molecule has 1 amide bonds. The van der Waals surface area contributed by atoms with Crippen LogP contribution in [0.4, 0.5) is 0 Å². The summed E-state index contributed by atoms with van der Waals surface area (Å²) < 4.78 is 5.79. The number of fused-ring (bicyclic) bond motifs is 1. The van der Waals surface area contributed by atoms with Gasteiger partial charge in [0.25, 0.3) is 0 Å². The van der Waals surface area contributed by atoms with E-state index < -0.39 is 0 Å². The predicted octanol–water partition coefficient (Wildman–Crippen LogP) is 1.68. The molecule has 0 aromatic heterocycles. The van der Waals surface area contributed by atoms with Crippen LogP contribution in [0.5, 0.6) is 0 Å². The van der Waals surface area contributed by atoms with E-state index in [2.05, 4.69) is 12.1 Å². The number of carbonyl (C=O) groups excluding carboxylic acids is 1. The second-order valence-electron chi connectivity index (χ2n) is 5.99. The fourth-order valence-corrected chi connectivity index (χ4v) is 3.28. The summed E-state index contributed by atoms with van der Waals surface area (Å²) in [6.07, 6.45) is 4.02. The molecule has 0 radical (unpaired) electrons. The highest BCUT2D eigenvalue weighted by Crippen LogP contribution is 2.36. The Morgan fingerprint density at radius 2 is 2.05 bits per heavy atom. The van der Waals surface area contributed by atoms with Crippen molar-refractivity contribution in [1.82, 2.24) is 4.90 Å². The molecular weight excluding hydrogens is 264 g/mol. The van der Waals surface area contributed by atoms with Gasteiger partial charge in [0, 0.05) is 19.7 Å². The SMILES string of the molecule is NCCCOC1CCN(C(=O)C2Cc3ccccc32)CC1. The molecule has 1 aliphatic heterocycles. The third-order valence-corrected chi connectivity index (χ3v) is 4.61. The third-order valence-electron chi connectivity index (χ3n) is 4.61. The molecule has 114 valence electrons. The number of likely N-dealkylation sites (tertiary alicyclic amines) is 1. The summed E-state index contributed by atoms with van der Waals surface area (Å²) in [5.74, 6) is 0.394. The van der Waals surface area contributed by atoms with Gasteiger partial charge in [-0.05, 0) is 43.4 Å². The number of amides is 1. The van der Waals surface area contributed by atoms with Crippen molar-refractivity contribution in [3.05, 3.63) is 35.4 Å². The predicted molar refractivity (Wildman–Crippen MR) is 82.1 cm³/mol. The molecule has 0 saturated carbocycles. The molecule has 1 fully saturated rings. The molecule has 1 unspecified atom stereocenters. The van der Waals surface area contributed by atoms with Crippen molar-refractivity contribution in [2.24, 2.45) is 5.73 Å². The summed E-state index contributed by atoms with van der Waals surface area (Å²) in [6.45, 7) is 3.07. The number of nitrogens with zero attached hydrogens (tertiary/aromatic N) is 1. The summed E-state index contributed by atoms with van der Waals surface area (Å²) >= 11 is 0. The van der Waals surface area contributed by atoms with Crippen molar-refractivity contribution in [1.29, 1.82) is 0 Å². The first-order chi connectivity index (χ1) is 10.3. The van der Waals surface area contributed by atoms with Gasteiger partial charge in [-0.25, -0.2) is 0 Å². The third kappa shape index (κ3) is 3.11. The van der Waals surface area contributed by atoms with Gasteiger partial charge in [-0.15, -0.1) is 0 Å². The van der Waals surface area contributed by atoms with E-state index >= 15 is 0 Å². The number of benzene rings is 1. The van der Waals surface area contributed by atoms with Crippen LogP contribution in [0, 0.1) is 0 Å². The molecule has 1 aliphatic carbocycles. The number of rotatable bonds is 5. The minimum absolute atomic E-state index is 0.0934. The zero-order chi connectivity index (χ0) is 14.7. The van der Waals surface area contributed by atoms with Crippen molar-refractivity contribution >= 4 is 5.91 Å². The normalized spacial score (nSPS) is 21.8. The zero-order valence-corrected chi connectivity index (χ0v) is 12.5. The Hall–Kier alpha value is -1.39. The summed E-state index contributed by atoms with van der Waals surface area (Å²) in [7, 11) is 0. The van der Waals surface area contributed by atoms with Crippen LogP contribution in [0.3, 0.4) is 0 Å². The lowest BCUT2D eigenvalue weighted by molar-refractivity contribution is -0.136.